The highest BCUT2D eigenvalue weighted by molar-refractivity contribution is 5.80. The lowest BCUT2D eigenvalue weighted by Crippen LogP contribution is -2.36. The third kappa shape index (κ3) is 3.51. The van der Waals surface area contributed by atoms with Crippen molar-refractivity contribution >= 4 is 5.91 Å². The number of carbonyl (C=O) groups is 1. The summed E-state index contributed by atoms with van der Waals surface area (Å²) in [6, 6.07) is 5.73. The van der Waals surface area contributed by atoms with Crippen LogP contribution in [0.4, 0.5) is 0 Å². The van der Waals surface area contributed by atoms with E-state index in [1.54, 1.807) is 6.92 Å². The molecular weight excluding hydrogens is 254 g/mol. The minimum Gasteiger partial charge on any atom is -0.481 e. The molecule has 0 saturated heterocycles. The number of rotatable bonds is 5. The number of aryl methyl sites for hydroxylation is 1. The number of hydrogen-bond donors (Lipinski definition) is 2. The second-order valence-electron chi connectivity index (χ2n) is 5.32. The summed E-state index contributed by atoms with van der Waals surface area (Å²) in [5.41, 5.74) is 2.12. The minimum atomic E-state index is -0.527. The van der Waals surface area contributed by atoms with E-state index in [1.807, 2.05) is 25.1 Å². The maximum atomic E-state index is 11.8. The summed E-state index contributed by atoms with van der Waals surface area (Å²) in [6.07, 6.45) is 2.78. The molecule has 0 heterocycles. The van der Waals surface area contributed by atoms with Crippen molar-refractivity contribution in [3.05, 3.63) is 29.3 Å². The fourth-order valence-electron chi connectivity index (χ4n) is 2.48. The third-order valence-corrected chi connectivity index (χ3v) is 3.63. The number of aliphatic hydroxyl groups is 1. The molecule has 1 aromatic rings. The molecule has 1 aliphatic carbocycles. The lowest BCUT2D eigenvalue weighted by molar-refractivity contribution is -0.127. The average Bonchev–Trinajstić information content (AvgIpc) is 2.45. The van der Waals surface area contributed by atoms with Crippen molar-refractivity contribution in [2.45, 2.75) is 51.7 Å². The lowest BCUT2D eigenvalue weighted by Gasteiger charge is -2.22. The molecule has 2 rings (SSSR count). The van der Waals surface area contributed by atoms with Gasteiger partial charge in [-0.15, -0.1) is 0 Å². The predicted octanol–water partition coefficient (Wildman–Crippen LogP) is 2.35. The highest BCUT2D eigenvalue weighted by Crippen LogP contribution is 2.32. The Balaban J connectivity index is 2.03. The number of benzene rings is 1. The highest BCUT2D eigenvalue weighted by atomic mass is 16.5. The standard InChI is InChI=1S/C16H23NO3/c1-3-9-17-16(19)11(2)20-13-8-7-12-5-4-6-15(18)14(12)10-13/h7-8,10-11,15,18H,3-6,9H2,1-2H3,(H,17,19)/t11?,15-/m0/s1. The average molecular weight is 277 g/mol. The number of fused-ring (bicyclic) bond motifs is 1. The molecular formula is C16H23NO3. The summed E-state index contributed by atoms with van der Waals surface area (Å²) < 4.78 is 5.66. The van der Waals surface area contributed by atoms with Crippen molar-refractivity contribution in [2.24, 2.45) is 0 Å². The van der Waals surface area contributed by atoms with Gasteiger partial charge in [0.25, 0.3) is 5.91 Å². The van der Waals surface area contributed by atoms with Crippen molar-refractivity contribution in [2.75, 3.05) is 6.54 Å². The van der Waals surface area contributed by atoms with Gasteiger partial charge in [0.2, 0.25) is 0 Å². The maximum Gasteiger partial charge on any atom is 0.260 e. The Hall–Kier alpha value is -1.55. The van der Waals surface area contributed by atoms with Gasteiger partial charge < -0.3 is 15.2 Å². The molecule has 1 aliphatic rings. The fourth-order valence-corrected chi connectivity index (χ4v) is 2.48. The molecule has 4 heteroatoms. The molecule has 0 bridgehead atoms. The molecule has 4 nitrogen and oxygen atoms in total. The molecule has 2 atom stereocenters. The third-order valence-electron chi connectivity index (χ3n) is 3.63. The number of ether oxygens (including phenoxy) is 1. The first-order chi connectivity index (χ1) is 9.61. The Kier molecular flexibility index (Phi) is 5.01. The fraction of sp³-hybridized carbons (Fsp3) is 0.562. The first kappa shape index (κ1) is 14.9. The monoisotopic (exact) mass is 277 g/mol. The Bertz CT molecular complexity index is 473. The smallest absolute Gasteiger partial charge is 0.260 e. The normalized spacial score (nSPS) is 19.1. The summed E-state index contributed by atoms with van der Waals surface area (Å²) in [4.78, 5) is 11.8. The highest BCUT2D eigenvalue weighted by Gasteiger charge is 2.20. The van der Waals surface area contributed by atoms with Crippen LogP contribution < -0.4 is 10.1 Å². The Labute approximate surface area is 120 Å². The molecule has 1 unspecified atom stereocenters. The zero-order chi connectivity index (χ0) is 14.5. The van der Waals surface area contributed by atoms with E-state index in [1.165, 1.54) is 5.56 Å². The molecule has 110 valence electrons. The van der Waals surface area contributed by atoms with Gasteiger partial charge in [0.05, 0.1) is 6.10 Å². The van der Waals surface area contributed by atoms with Crippen LogP contribution in [-0.2, 0) is 11.2 Å². The zero-order valence-corrected chi connectivity index (χ0v) is 12.2. The lowest BCUT2D eigenvalue weighted by atomic mass is 9.89. The van der Waals surface area contributed by atoms with Gasteiger partial charge in [0.15, 0.2) is 6.10 Å². The number of nitrogens with one attached hydrogen (secondary N) is 1. The molecule has 1 aromatic carbocycles. The van der Waals surface area contributed by atoms with Crippen LogP contribution in [0.1, 0.15) is 50.3 Å². The number of aliphatic hydroxyl groups excluding tert-OH is 1. The van der Waals surface area contributed by atoms with Crippen LogP contribution in [0.2, 0.25) is 0 Å². The maximum absolute atomic E-state index is 11.8. The van der Waals surface area contributed by atoms with E-state index in [-0.39, 0.29) is 5.91 Å². The quantitative estimate of drug-likeness (QED) is 0.868. The van der Waals surface area contributed by atoms with Crippen LogP contribution in [-0.4, -0.2) is 23.7 Å². The molecule has 0 radical (unpaired) electrons. The van der Waals surface area contributed by atoms with Crippen LogP contribution >= 0.6 is 0 Å². The number of hydrogen-bond acceptors (Lipinski definition) is 3. The predicted molar refractivity (Wildman–Crippen MR) is 77.7 cm³/mol. The van der Waals surface area contributed by atoms with E-state index >= 15 is 0 Å². The number of amides is 1. The van der Waals surface area contributed by atoms with Gasteiger partial charge in [-0.2, -0.15) is 0 Å². The van der Waals surface area contributed by atoms with Crippen molar-refractivity contribution in [3.8, 4) is 5.75 Å². The van der Waals surface area contributed by atoms with Crippen LogP contribution in [0.15, 0.2) is 18.2 Å². The summed E-state index contributed by atoms with van der Waals surface area (Å²) >= 11 is 0. The summed E-state index contributed by atoms with van der Waals surface area (Å²) in [7, 11) is 0. The molecule has 0 fully saturated rings. The molecule has 2 N–H and O–H groups in total. The summed E-state index contributed by atoms with van der Waals surface area (Å²) in [6.45, 7) is 4.41. The molecule has 1 amide bonds. The second-order valence-corrected chi connectivity index (χ2v) is 5.32. The van der Waals surface area contributed by atoms with E-state index in [4.69, 9.17) is 4.74 Å². The number of carbonyl (C=O) groups excluding carboxylic acids is 1. The molecule has 0 saturated carbocycles. The van der Waals surface area contributed by atoms with E-state index < -0.39 is 12.2 Å². The van der Waals surface area contributed by atoms with Crippen molar-refractivity contribution < 1.29 is 14.6 Å². The zero-order valence-electron chi connectivity index (χ0n) is 12.2. The Morgan fingerprint density at radius 2 is 2.35 bits per heavy atom. The second kappa shape index (κ2) is 6.75. The van der Waals surface area contributed by atoms with Crippen LogP contribution in [0.25, 0.3) is 0 Å². The topological polar surface area (TPSA) is 58.6 Å². The van der Waals surface area contributed by atoms with Crippen molar-refractivity contribution in [3.63, 3.8) is 0 Å². The first-order valence-corrected chi connectivity index (χ1v) is 7.37. The Morgan fingerprint density at radius 3 is 3.10 bits per heavy atom. The van der Waals surface area contributed by atoms with Crippen LogP contribution in [0.3, 0.4) is 0 Å². The van der Waals surface area contributed by atoms with Crippen LogP contribution in [0.5, 0.6) is 5.75 Å². The minimum absolute atomic E-state index is 0.106. The molecule has 20 heavy (non-hydrogen) atoms. The van der Waals surface area contributed by atoms with E-state index in [0.717, 1.165) is 31.2 Å². The summed E-state index contributed by atoms with van der Waals surface area (Å²) in [5.74, 6) is 0.536. The van der Waals surface area contributed by atoms with Gasteiger partial charge >= 0.3 is 0 Å². The van der Waals surface area contributed by atoms with Gasteiger partial charge in [-0.1, -0.05) is 13.0 Å². The van der Waals surface area contributed by atoms with E-state index in [9.17, 15) is 9.90 Å². The van der Waals surface area contributed by atoms with Crippen LogP contribution in [0, 0.1) is 0 Å². The SMILES string of the molecule is CCCNC(=O)C(C)Oc1ccc2c(c1)[C@@H](O)CCC2. The van der Waals surface area contributed by atoms with E-state index in [0.29, 0.717) is 12.3 Å². The summed E-state index contributed by atoms with van der Waals surface area (Å²) in [5, 5.41) is 12.8. The Morgan fingerprint density at radius 1 is 1.55 bits per heavy atom. The van der Waals surface area contributed by atoms with Gasteiger partial charge in [-0.3, -0.25) is 4.79 Å². The molecule has 0 aromatic heterocycles. The first-order valence-electron chi connectivity index (χ1n) is 7.37. The van der Waals surface area contributed by atoms with Crippen molar-refractivity contribution in [1.82, 2.24) is 5.32 Å². The largest absolute Gasteiger partial charge is 0.481 e. The van der Waals surface area contributed by atoms with E-state index in [2.05, 4.69) is 5.32 Å². The molecule has 0 spiro atoms. The van der Waals surface area contributed by atoms with Gasteiger partial charge in [-0.05, 0) is 55.9 Å². The molecule has 0 aliphatic heterocycles. The van der Waals surface area contributed by atoms with Gasteiger partial charge in [-0.25, -0.2) is 0 Å². The van der Waals surface area contributed by atoms with Gasteiger partial charge in [0, 0.05) is 6.54 Å². The van der Waals surface area contributed by atoms with Crippen molar-refractivity contribution in [1.29, 1.82) is 0 Å². The van der Waals surface area contributed by atoms with Gasteiger partial charge in [0.1, 0.15) is 5.75 Å².